The molecule has 10 rings (SSSR count). The Balaban J connectivity index is 0.00000578. The molecule has 0 fully saturated rings. The zero-order valence-corrected chi connectivity index (χ0v) is 43.4. The van der Waals surface area contributed by atoms with E-state index in [1.165, 1.54) is 27.8 Å². The molecule has 0 atom stereocenters. The summed E-state index contributed by atoms with van der Waals surface area (Å²) in [5.41, 5.74) is 19.0. The molecule has 0 unspecified atom stereocenters. The van der Waals surface area contributed by atoms with E-state index in [-0.39, 0.29) is 48.5 Å². The van der Waals surface area contributed by atoms with E-state index in [0.717, 1.165) is 72.5 Å². The van der Waals surface area contributed by atoms with Gasteiger partial charge in [0.05, 0.1) is 22.3 Å². The Labute approximate surface area is 417 Å². The van der Waals surface area contributed by atoms with Gasteiger partial charge in [-0.05, 0) is 85.0 Å². The van der Waals surface area contributed by atoms with Crippen molar-refractivity contribution in [3.05, 3.63) is 192 Å². The molecule has 1 aliphatic carbocycles. The number of pyridine rings is 1. The molecule has 5 heteroatoms. The van der Waals surface area contributed by atoms with E-state index in [2.05, 4.69) is 245 Å². The van der Waals surface area contributed by atoms with Crippen molar-refractivity contribution in [2.75, 3.05) is 0 Å². The molecule has 344 valence electrons. The van der Waals surface area contributed by atoms with E-state index >= 15 is 0 Å². The monoisotopic (exact) mass is 1070 g/mol. The van der Waals surface area contributed by atoms with Crippen LogP contribution in [0.3, 0.4) is 0 Å². The predicted molar refractivity (Wildman–Crippen MR) is 280 cm³/mol. The normalized spacial score (nSPS) is 13.3. The van der Waals surface area contributed by atoms with Crippen molar-refractivity contribution in [3.8, 4) is 78.6 Å². The van der Waals surface area contributed by atoms with Crippen molar-refractivity contribution < 1.29 is 26.2 Å². The fraction of sp³-hybridized carbons (Fsp3) is 0.238. The molecule has 0 aliphatic heterocycles. The Bertz CT molecular complexity index is 3380. The van der Waals surface area contributed by atoms with Crippen LogP contribution in [0.15, 0.2) is 158 Å². The van der Waals surface area contributed by atoms with Gasteiger partial charge in [0.25, 0.3) is 0 Å². The number of imidazole rings is 1. The largest absolute Gasteiger partial charge is 0.507 e. The molecular weight excluding hydrogens is 1010 g/mol. The Morgan fingerprint density at radius 2 is 1.13 bits per heavy atom. The Kier molecular flexibility index (Phi) is 11.7. The smallest absolute Gasteiger partial charge is 0.148 e. The molecule has 0 bridgehead atoms. The summed E-state index contributed by atoms with van der Waals surface area (Å²) in [6.07, 6.45) is 2.07. The summed E-state index contributed by atoms with van der Waals surface area (Å²) in [4.78, 5) is 10.9. The number of phenols is 1. The van der Waals surface area contributed by atoms with Crippen molar-refractivity contribution in [2.24, 2.45) is 0 Å². The van der Waals surface area contributed by atoms with Gasteiger partial charge in [-0.3, -0.25) is 9.55 Å². The van der Waals surface area contributed by atoms with Gasteiger partial charge in [-0.25, -0.2) is 4.98 Å². The van der Waals surface area contributed by atoms with Crippen LogP contribution in [0.1, 0.15) is 104 Å². The number of aromatic hydroxyl groups is 1. The second-order valence-electron chi connectivity index (χ2n) is 22.1. The van der Waals surface area contributed by atoms with Gasteiger partial charge in [-0.1, -0.05) is 208 Å². The number of rotatable bonds is 6. The Morgan fingerprint density at radius 3 is 1.81 bits per heavy atom. The SMILES string of the molecule is CC(C)(C)c1ccc(-n2c(-c3cc(C(C)(C)C)cc(C(C)(C)C)c3O)nc3c(-c4[c-]c(-c5cc6c(cn5)C(C)(C)c5ccccc5-6)cc(-c5ccccc5)c4)cccc32)c(-c2ccccc2)c1.[Pt]. The molecule has 9 aromatic rings. The van der Waals surface area contributed by atoms with E-state index in [1.807, 2.05) is 0 Å². The first-order valence-electron chi connectivity index (χ1n) is 23.6. The number of fused-ring (bicyclic) bond motifs is 4. The van der Waals surface area contributed by atoms with E-state index in [0.29, 0.717) is 11.4 Å². The zero-order chi connectivity index (χ0) is 47.2. The molecule has 2 heterocycles. The molecular formula is C63H60N3OPt-. The topological polar surface area (TPSA) is 50.9 Å². The first-order chi connectivity index (χ1) is 31.8. The van der Waals surface area contributed by atoms with Crippen LogP contribution in [0, 0.1) is 6.07 Å². The van der Waals surface area contributed by atoms with Crippen LogP contribution in [0.25, 0.3) is 83.9 Å². The third-order valence-electron chi connectivity index (χ3n) is 13.9. The molecule has 0 amide bonds. The molecule has 4 nitrogen and oxygen atoms in total. The number of benzene rings is 7. The summed E-state index contributed by atoms with van der Waals surface area (Å²) < 4.78 is 2.28. The first kappa shape index (κ1) is 46.7. The van der Waals surface area contributed by atoms with E-state index < -0.39 is 0 Å². The van der Waals surface area contributed by atoms with Crippen molar-refractivity contribution in [3.63, 3.8) is 0 Å². The molecule has 0 spiro atoms. The Hall–Kier alpha value is -6.35. The molecule has 7 aromatic carbocycles. The molecule has 1 aliphatic rings. The summed E-state index contributed by atoms with van der Waals surface area (Å²) in [5, 5.41) is 12.6. The van der Waals surface area contributed by atoms with Crippen LogP contribution in [-0.4, -0.2) is 19.6 Å². The number of para-hydroxylation sites is 1. The van der Waals surface area contributed by atoms with Gasteiger partial charge in [0.1, 0.15) is 11.6 Å². The number of phenolic OH excluding ortho intramolecular Hbond substituents is 1. The number of aromatic nitrogens is 3. The second-order valence-corrected chi connectivity index (χ2v) is 22.1. The standard InChI is InChI=1S/C63H60N3O.Pt/c1-60(2,3)44-29-30-55(48(34-44)40-23-16-13-17-24-40)66-56-28-20-26-46(57(56)65-59(66)50-35-45(61(4,5)6)36-52(58(50)67)62(7,8)9)42-31-41(39-21-14-12-15-22-39)32-43(33-42)54-37-49-47-25-18-19-27-51(47)63(10,11)53(49)38-64-54;/h12-32,34-38,67H,1-11H3;/q-1;. The van der Waals surface area contributed by atoms with Crippen LogP contribution in [0.2, 0.25) is 0 Å². The van der Waals surface area contributed by atoms with Crippen molar-refractivity contribution in [1.82, 2.24) is 14.5 Å². The first-order valence-corrected chi connectivity index (χ1v) is 23.6. The van der Waals surface area contributed by atoms with Gasteiger partial charge in [-0.2, -0.15) is 0 Å². The van der Waals surface area contributed by atoms with Crippen LogP contribution >= 0.6 is 0 Å². The van der Waals surface area contributed by atoms with Crippen molar-refractivity contribution in [1.29, 1.82) is 0 Å². The van der Waals surface area contributed by atoms with Crippen LogP contribution in [0.4, 0.5) is 0 Å². The summed E-state index contributed by atoms with van der Waals surface area (Å²) in [6.45, 7) is 24.6. The van der Waals surface area contributed by atoms with Crippen LogP contribution in [0.5, 0.6) is 5.75 Å². The van der Waals surface area contributed by atoms with Gasteiger partial charge in [0.15, 0.2) is 0 Å². The van der Waals surface area contributed by atoms with Crippen molar-refractivity contribution in [2.45, 2.75) is 97.8 Å². The van der Waals surface area contributed by atoms with Gasteiger partial charge < -0.3 is 5.11 Å². The maximum atomic E-state index is 12.6. The number of nitrogens with zero attached hydrogens (tertiary/aromatic N) is 3. The summed E-state index contributed by atoms with van der Waals surface area (Å²) >= 11 is 0. The maximum Gasteiger partial charge on any atom is 0.148 e. The minimum atomic E-state index is -0.335. The number of hydrogen-bond acceptors (Lipinski definition) is 3. The molecule has 68 heavy (non-hydrogen) atoms. The summed E-state index contributed by atoms with van der Waals surface area (Å²) in [5.74, 6) is 0.928. The maximum absolute atomic E-state index is 12.6. The number of hydrogen-bond donors (Lipinski definition) is 1. The quantitative estimate of drug-likeness (QED) is 0.169. The van der Waals surface area contributed by atoms with Crippen LogP contribution in [-0.2, 0) is 42.7 Å². The molecule has 0 saturated carbocycles. The van der Waals surface area contributed by atoms with E-state index in [9.17, 15) is 5.11 Å². The molecule has 2 aromatic heterocycles. The third kappa shape index (κ3) is 8.15. The van der Waals surface area contributed by atoms with Gasteiger partial charge in [-0.15, -0.1) is 23.8 Å². The second kappa shape index (κ2) is 17.0. The third-order valence-corrected chi connectivity index (χ3v) is 13.9. The van der Waals surface area contributed by atoms with Crippen LogP contribution < -0.4 is 0 Å². The summed E-state index contributed by atoms with van der Waals surface area (Å²) in [6, 6.07) is 58.2. The van der Waals surface area contributed by atoms with Gasteiger partial charge >= 0.3 is 0 Å². The average Bonchev–Trinajstić information content (AvgIpc) is 3.80. The molecule has 1 N–H and O–H groups in total. The average molecular weight is 1070 g/mol. The van der Waals surface area contributed by atoms with Gasteiger partial charge in [0, 0.05) is 49.5 Å². The van der Waals surface area contributed by atoms with E-state index in [1.54, 1.807) is 0 Å². The molecule has 0 saturated heterocycles. The zero-order valence-electron chi connectivity index (χ0n) is 41.1. The predicted octanol–water partition coefficient (Wildman–Crippen LogP) is 16.5. The molecule has 0 radical (unpaired) electrons. The fourth-order valence-corrected chi connectivity index (χ4v) is 9.98. The van der Waals surface area contributed by atoms with Crippen molar-refractivity contribution >= 4 is 11.0 Å². The fourth-order valence-electron chi connectivity index (χ4n) is 9.98. The minimum Gasteiger partial charge on any atom is -0.507 e. The summed E-state index contributed by atoms with van der Waals surface area (Å²) in [7, 11) is 0. The minimum absolute atomic E-state index is 0. The Morgan fingerprint density at radius 1 is 0.515 bits per heavy atom. The van der Waals surface area contributed by atoms with E-state index in [4.69, 9.17) is 9.97 Å². The van der Waals surface area contributed by atoms with Gasteiger partial charge in [0.2, 0.25) is 0 Å².